The van der Waals surface area contributed by atoms with Gasteiger partial charge in [0.05, 0.1) is 16.9 Å². The highest BCUT2D eigenvalue weighted by atomic mass is 19.3. The van der Waals surface area contributed by atoms with Gasteiger partial charge in [0.1, 0.15) is 22.8 Å². The number of hydrogen-bond donors (Lipinski definition) is 2. The minimum absolute atomic E-state index is 0.0495. The van der Waals surface area contributed by atoms with Crippen molar-refractivity contribution in [2.75, 3.05) is 18.0 Å². The van der Waals surface area contributed by atoms with E-state index >= 15 is 0 Å². The zero-order valence-corrected chi connectivity index (χ0v) is 14.4. The largest absolute Gasteiger partial charge is 0.368 e. The molecular weight excluding hydrogens is 331 g/mol. The van der Waals surface area contributed by atoms with Crippen molar-refractivity contribution in [3.8, 4) is 6.07 Å². The van der Waals surface area contributed by atoms with E-state index in [4.69, 9.17) is 5.73 Å². The molecule has 8 heteroatoms. The number of pyridine rings is 1. The average molecular weight is 351 g/mol. The Morgan fingerprint density at radius 2 is 2.08 bits per heavy atom. The molecule has 5 nitrogen and oxygen atoms in total. The molecule has 0 saturated carbocycles. The lowest BCUT2D eigenvalue weighted by molar-refractivity contribution is -0.00158. The minimum Gasteiger partial charge on any atom is -0.368 e. The summed E-state index contributed by atoms with van der Waals surface area (Å²) in [4.78, 5) is 8.41. The van der Waals surface area contributed by atoms with Crippen molar-refractivity contribution in [3.63, 3.8) is 0 Å². The molecule has 0 radical (unpaired) electrons. The van der Waals surface area contributed by atoms with E-state index in [1.165, 1.54) is 6.92 Å². The molecule has 3 N–H and O–H groups in total. The summed E-state index contributed by atoms with van der Waals surface area (Å²) in [5.41, 5.74) is 4.18. The van der Waals surface area contributed by atoms with Gasteiger partial charge in [0.2, 0.25) is 0 Å². The van der Waals surface area contributed by atoms with Crippen LogP contribution in [-0.2, 0) is 6.05 Å². The molecule has 1 saturated heterocycles. The molecule has 2 aromatic rings. The molecule has 0 atom stereocenters. The Morgan fingerprint density at radius 1 is 1.40 bits per heavy atom. The number of halogens is 3. The van der Waals surface area contributed by atoms with Crippen LogP contribution in [0.2, 0.25) is 0 Å². The first kappa shape index (κ1) is 17.5. The number of aromatic amines is 1. The van der Waals surface area contributed by atoms with E-state index in [1.54, 1.807) is 0 Å². The van der Waals surface area contributed by atoms with Crippen molar-refractivity contribution >= 4 is 16.7 Å². The van der Waals surface area contributed by atoms with Crippen molar-refractivity contribution in [2.45, 2.75) is 39.7 Å². The fourth-order valence-electron chi connectivity index (χ4n) is 3.55. The topological polar surface area (TPSA) is 81.7 Å². The van der Waals surface area contributed by atoms with Gasteiger partial charge in [-0.1, -0.05) is 13.8 Å². The molecule has 0 spiro atoms. The van der Waals surface area contributed by atoms with Gasteiger partial charge in [0.25, 0.3) is 0 Å². The Morgan fingerprint density at radius 3 is 2.64 bits per heavy atom. The van der Waals surface area contributed by atoms with Crippen molar-refractivity contribution in [1.29, 1.82) is 5.26 Å². The average Bonchev–Trinajstić information content (AvgIpc) is 2.78. The number of aromatic nitrogens is 2. The lowest BCUT2D eigenvalue weighted by atomic mass is 9.83. The number of nitrogens with one attached hydrogen (secondary N) is 1. The molecule has 1 fully saturated rings. The molecule has 3 rings (SSSR count). The number of fused-ring (bicyclic) bond motifs is 1. The lowest BCUT2D eigenvalue weighted by Crippen LogP contribution is -2.41. The van der Waals surface area contributed by atoms with E-state index in [1.807, 2.05) is 11.0 Å². The summed E-state index contributed by atoms with van der Waals surface area (Å²) in [6.07, 6.45) is 1.83. The first-order valence-electron chi connectivity index (χ1n) is 8.09. The molecule has 134 valence electrons. The van der Waals surface area contributed by atoms with Crippen LogP contribution in [0.1, 0.15) is 43.6 Å². The summed E-state index contributed by atoms with van der Waals surface area (Å²) < 4.78 is 42.1. The van der Waals surface area contributed by atoms with Crippen molar-refractivity contribution in [3.05, 3.63) is 22.8 Å². The molecule has 25 heavy (non-hydrogen) atoms. The number of alkyl halides is 2. The Kier molecular flexibility index (Phi) is 3.95. The maximum atomic E-state index is 14.4. The van der Waals surface area contributed by atoms with Gasteiger partial charge in [0.15, 0.2) is 5.82 Å². The van der Waals surface area contributed by atoms with Gasteiger partial charge in [0, 0.05) is 13.1 Å². The van der Waals surface area contributed by atoms with E-state index < -0.39 is 17.6 Å². The van der Waals surface area contributed by atoms with Crippen LogP contribution in [0.3, 0.4) is 0 Å². The maximum absolute atomic E-state index is 14.4. The Balaban J connectivity index is 2.35. The first-order chi connectivity index (χ1) is 11.5. The number of piperidine rings is 1. The second-order valence-electron chi connectivity index (χ2n) is 7.40. The fourth-order valence-corrected chi connectivity index (χ4v) is 3.55. The van der Waals surface area contributed by atoms with Crippen molar-refractivity contribution in [1.82, 2.24) is 9.97 Å². The highest BCUT2D eigenvalue weighted by molar-refractivity contribution is 5.93. The summed E-state index contributed by atoms with van der Waals surface area (Å²) in [7, 11) is 0. The van der Waals surface area contributed by atoms with E-state index in [-0.39, 0.29) is 33.4 Å². The summed E-state index contributed by atoms with van der Waals surface area (Å²) in [6, 6.07) is -2.03. The van der Waals surface area contributed by atoms with Gasteiger partial charge in [-0.3, -0.25) is 5.73 Å². The van der Waals surface area contributed by atoms with Crippen LogP contribution in [0.25, 0.3) is 11.0 Å². The smallest absolute Gasteiger partial charge is 0.345 e. The molecule has 2 aromatic heterocycles. The zero-order valence-electron chi connectivity index (χ0n) is 14.4. The molecular formula is C17H20F3N5. The van der Waals surface area contributed by atoms with Gasteiger partial charge in [-0.25, -0.2) is 9.37 Å². The minimum atomic E-state index is -3.84. The monoisotopic (exact) mass is 351 g/mol. The number of rotatable bonds is 2. The molecule has 0 aliphatic carbocycles. The Hall–Kier alpha value is -2.27. The Bertz CT molecular complexity index is 873. The van der Waals surface area contributed by atoms with Gasteiger partial charge >= 0.3 is 6.05 Å². The quantitative estimate of drug-likeness (QED) is 0.811. The SMILES string of the molecule is Cc1[nH]c2c(N3CCCC(C)(C)C3)c(C#N)c(C(N)(F)F)nc2c1F. The molecule has 3 heterocycles. The van der Waals surface area contributed by atoms with Gasteiger partial charge in [-0.15, -0.1) is 0 Å². The number of H-pyrrole nitrogens is 1. The predicted molar refractivity (Wildman–Crippen MR) is 88.8 cm³/mol. The van der Waals surface area contributed by atoms with Crippen molar-refractivity contribution < 1.29 is 13.2 Å². The molecule has 0 bridgehead atoms. The third-order valence-corrected chi connectivity index (χ3v) is 4.66. The van der Waals surface area contributed by atoms with Gasteiger partial charge in [-0.05, 0) is 25.2 Å². The summed E-state index contributed by atoms with van der Waals surface area (Å²) in [5, 5.41) is 9.55. The number of aryl methyl sites for hydroxylation is 1. The molecule has 1 aliphatic rings. The zero-order chi connectivity index (χ0) is 18.6. The standard InChI is InChI=1S/C17H20F3N5/c1-9-11(18)12-13(23-9)14(25-6-4-5-16(2,3)8-25)10(7-21)15(24-12)17(19,20)22/h23H,4-6,8,22H2,1-3H3. The number of nitriles is 1. The molecule has 0 aromatic carbocycles. The highest BCUT2D eigenvalue weighted by Gasteiger charge is 2.37. The third-order valence-electron chi connectivity index (χ3n) is 4.66. The van der Waals surface area contributed by atoms with Crippen LogP contribution in [0, 0.1) is 29.5 Å². The second kappa shape index (κ2) is 5.63. The van der Waals surface area contributed by atoms with E-state index in [0.717, 1.165) is 12.8 Å². The summed E-state index contributed by atoms with van der Waals surface area (Å²) in [5.74, 6) is -0.706. The van der Waals surface area contributed by atoms with Crippen LogP contribution in [0.15, 0.2) is 0 Å². The van der Waals surface area contributed by atoms with E-state index in [0.29, 0.717) is 13.1 Å². The summed E-state index contributed by atoms with van der Waals surface area (Å²) >= 11 is 0. The van der Waals surface area contributed by atoms with E-state index in [2.05, 4.69) is 23.8 Å². The molecule has 0 unspecified atom stereocenters. The third kappa shape index (κ3) is 2.93. The van der Waals surface area contributed by atoms with Crippen LogP contribution < -0.4 is 10.6 Å². The number of nitrogens with two attached hydrogens (primary N) is 1. The second-order valence-corrected chi connectivity index (χ2v) is 7.40. The first-order valence-corrected chi connectivity index (χ1v) is 8.09. The molecule has 1 aliphatic heterocycles. The highest BCUT2D eigenvalue weighted by Crippen LogP contribution is 2.40. The fraction of sp³-hybridized carbons (Fsp3) is 0.529. The van der Waals surface area contributed by atoms with Gasteiger partial charge in [-0.2, -0.15) is 14.0 Å². The van der Waals surface area contributed by atoms with Crippen LogP contribution >= 0.6 is 0 Å². The maximum Gasteiger partial charge on any atom is 0.345 e. The van der Waals surface area contributed by atoms with Crippen molar-refractivity contribution in [2.24, 2.45) is 11.1 Å². The van der Waals surface area contributed by atoms with Crippen LogP contribution in [0.4, 0.5) is 18.9 Å². The number of nitrogens with zero attached hydrogens (tertiary/aromatic N) is 3. The van der Waals surface area contributed by atoms with E-state index in [9.17, 15) is 18.4 Å². The molecule has 0 amide bonds. The number of hydrogen-bond acceptors (Lipinski definition) is 4. The Labute approximate surface area is 143 Å². The lowest BCUT2D eigenvalue weighted by Gasteiger charge is -2.40. The van der Waals surface area contributed by atoms with Gasteiger partial charge < -0.3 is 9.88 Å². The summed E-state index contributed by atoms with van der Waals surface area (Å²) in [6.45, 7) is 6.79. The van der Waals surface area contributed by atoms with Crippen LogP contribution in [-0.4, -0.2) is 23.1 Å². The van der Waals surface area contributed by atoms with Crippen LogP contribution in [0.5, 0.6) is 0 Å². The number of anilines is 1. The normalized spacial score (nSPS) is 17.8. The predicted octanol–water partition coefficient (Wildman–Crippen LogP) is 3.52.